The van der Waals surface area contributed by atoms with Gasteiger partial charge in [0, 0.05) is 11.1 Å². The van der Waals surface area contributed by atoms with Gasteiger partial charge in [-0.2, -0.15) is 0 Å². The van der Waals surface area contributed by atoms with Gasteiger partial charge in [-0.05, 0) is 36.8 Å². The average molecular weight is 432 g/mol. The molecule has 2 aromatic rings. The fraction of sp³-hybridized carbons (Fsp3) is 0.333. The molecule has 1 fully saturated rings. The van der Waals surface area contributed by atoms with Gasteiger partial charge in [-0.15, -0.1) is 0 Å². The van der Waals surface area contributed by atoms with E-state index < -0.39 is 65.9 Å². The summed E-state index contributed by atoms with van der Waals surface area (Å²) in [5, 5.41) is 60.0. The summed E-state index contributed by atoms with van der Waals surface area (Å²) in [6.45, 7) is 0.978. The summed E-state index contributed by atoms with van der Waals surface area (Å²) in [7, 11) is 0. The highest BCUT2D eigenvalue weighted by molar-refractivity contribution is 6.30. The van der Waals surface area contributed by atoms with E-state index in [9.17, 15) is 40.2 Å². The van der Waals surface area contributed by atoms with Crippen LogP contribution in [0.2, 0.25) is 0 Å². The molecule has 0 radical (unpaired) electrons. The molecule has 5 atom stereocenters. The van der Waals surface area contributed by atoms with Crippen LogP contribution in [0.25, 0.3) is 0 Å². The number of fused-ring (bicyclic) bond motifs is 2. The number of benzene rings is 2. The summed E-state index contributed by atoms with van der Waals surface area (Å²) >= 11 is 0. The van der Waals surface area contributed by atoms with Gasteiger partial charge in [0.2, 0.25) is 12.1 Å². The number of ketones is 2. The highest BCUT2D eigenvalue weighted by Crippen LogP contribution is 2.42. The lowest BCUT2D eigenvalue weighted by Gasteiger charge is -2.39. The Morgan fingerprint density at radius 1 is 0.935 bits per heavy atom. The molecule has 1 saturated heterocycles. The van der Waals surface area contributed by atoms with Crippen LogP contribution in [0.4, 0.5) is 0 Å². The number of hydrogen-bond donors (Lipinski definition) is 6. The average Bonchev–Trinajstić information content (AvgIpc) is 2.73. The number of ether oxygens (including phenoxy) is 2. The third-order valence-electron chi connectivity index (χ3n) is 5.44. The molecule has 0 bridgehead atoms. The smallest absolute Gasteiger partial charge is 0.229 e. The Bertz CT molecular complexity index is 1080. The largest absolute Gasteiger partial charge is 0.507 e. The van der Waals surface area contributed by atoms with E-state index in [-0.39, 0.29) is 22.4 Å². The molecule has 10 heteroatoms. The summed E-state index contributed by atoms with van der Waals surface area (Å²) in [5.41, 5.74) is -0.145. The number of aromatic hydroxyl groups is 2. The third-order valence-corrected chi connectivity index (χ3v) is 5.44. The van der Waals surface area contributed by atoms with Gasteiger partial charge in [0.15, 0.2) is 17.3 Å². The van der Waals surface area contributed by atoms with Crippen molar-refractivity contribution in [1.82, 2.24) is 0 Å². The van der Waals surface area contributed by atoms with Gasteiger partial charge >= 0.3 is 0 Å². The van der Waals surface area contributed by atoms with E-state index in [1.165, 1.54) is 24.3 Å². The van der Waals surface area contributed by atoms with E-state index in [1.807, 2.05) is 0 Å². The van der Waals surface area contributed by atoms with Crippen LogP contribution >= 0.6 is 0 Å². The predicted octanol–water partition coefficient (Wildman–Crippen LogP) is -0.640. The van der Waals surface area contributed by atoms with Gasteiger partial charge in [-0.3, -0.25) is 9.59 Å². The highest BCUT2D eigenvalue weighted by atomic mass is 16.7. The van der Waals surface area contributed by atoms with Gasteiger partial charge in [-0.1, -0.05) is 0 Å². The monoisotopic (exact) mass is 432 g/mol. The number of phenols is 2. The summed E-state index contributed by atoms with van der Waals surface area (Å²) < 4.78 is 10.6. The predicted molar refractivity (Wildman–Crippen MR) is 102 cm³/mol. The van der Waals surface area contributed by atoms with Crippen molar-refractivity contribution in [2.75, 3.05) is 6.61 Å². The first kappa shape index (κ1) is 21.2. The molecule has 4 rings (SSSR count). The maximum absolute atomic E-state index is 13.0. The number of carbonyl (C=O) groups excluding carboxylic acids is 2. The van der Waals surface area contributed by atoms with Crippen LogP contribution in [-0.2, 0) is 4.74 Å². The number of aliphatic hydroxyl groups is 4. The second-order valence-corrected chi connectivity index (χ2v) is 7.51. The Hall–Kier alpha value is -3.02. The van der Waals surface area contributed by atoms with E-state index in [1.54, 1.807) is 6.92 Å². The topological polar surface area (TPSA) is 174 Å². The highest BCUT2D eigenvalue weighted by Gasteiger charge is 2.45. The molecule has 1 aliphatic heterocycles. The van der Waals surface area contributed by atoms with E-state index in [2.05, 4.69) is 0 Å². The zero-order valence-corrected chi connectivity index (χ0v) is 16.2. The normalized spacial score (nSPS) is 27.6. The SMILES string of the molecule is Cc1cc(O)c2c(c1)C(=O)c1ccc(O[C@@H]3O[C@H](CO)[C@@H](O)[C@H](O)[C@H]3O)c(O)c1C2=O. The first-order valence-corrected chi connectivity index (χ1v) is 9.41. The minimum absolute atomic E-state index is 0.0111. The Morgan fingerprint density at radius 2 is 1.65 bits per heavy atom. The van der Waals surface area contributed by atoms with Crippen LogP contribution in [0.15, 0.2) is 24.3 Å². The van der Waals surface area contributed by atoms with E-state index in [0.29, 0.717) is 5.56 Å². The Labute approximate surface area is 175 Å². The molecule has 1 aliphatic carbocycles. The van der Waals surface area contributed by atoms with Crippen molar-refractivity contribution in [3.8, 4) is 17.2 Å². The van der Waals surface area contributed by atoms with Crippen molar-refractivity contribution in [3.63, 3.8) is 0 Å². The first-order valence-electron chi connectivity index (χ1n) is 9.41. The van der Waals surface area contributed by atoms with Crippen LogP contribution in [0, 0.1) is 6.92 Å². The van der Waals surface area contributed by atoms with Gasteiger partial charge in [0.25, 0.3) is 0 Å². The zero-order valence-electron chi connectivity index (χ0n) is 16.2. The van der Waals surface area contributed by atoms with Crippen molar-refractivity contribution >= 4 is 11.6 Å². The molecule has 31 heavy (non-hydrogen) atoms. The molecule has 2 aliphatic rings. The molecule has 0 saturated carbocycles. The molecule has 0 amide bonds. The molecule has 1 heterocycles. The van der Waals surface area contributed by atoms with E-state index >= 15 is 0 Å². The molecule has 10 nitrogen and oxygen atoms in total. The molecule has 0 unspecified atom stereocenters. The molecule has 6 N–H and O–H groups in total. The Morgan fingerprint density at radius 3 is 2.32 bits per heavy atom. The van der Waals surface area contributed by atoms with Crippen molar-refractivity contribution in [3.05, 3.63) is 52.1 Å². The Balaban J connectivity index is 1.73. The van der Waals surface area contributed by atoms with Crippen LogP contribution in [-0.4, -0.2) is 79.5 Å². The maximum atomic E-state index is 13.0. The fourth-order valence-electron chi connectivity index (χ4n) is 3.83. The van der Waals surface area contributed by atoms with Crippen molar-refractivity contribution < 1.29 is 49.7 Å². The third kappa shape index (κ3) is 3.25. The standard InChI is InChI=1S/C21H20O10/c1-7-4-9-13(10(23)5-7)18(27)14-8(15(9)24)2-3-11(16(14)25)30-21-20(29)19(28)17(26)12(6-22)31-21/h2-5,12,17,19-23,25-26,28-29H,6H2,1H3/t12-,17-,19+,20-,21-/m1/s1. The summed E-state index contributed by atoms with van der Waals surface area (Å²) in [6.07, 6.45) is -7.88. The number of aryl methyl sites for hydroxylation is 1. The summed E-state index contributed by atoms with van der Waals surface area (Å²) in [4.78, 5) is 25.9. The number of aliphatic hydroxyl groups excluding tert-OH is 4. The Kier molecular flexibility index (Phi) is 5.20. The number of phenolic OH excluding ortho intramolecular Hbond substituents is 2. The fourth-order valence-corrected chi connectivity index (χ4v) is 3.83. The van der Waals surface area contributed by atoms with Crippen molar-refractivity contribution in [1.29, 1.82) is 0 Å². The maximum Gasteiger partial charge on any atom is 0.229 e. The molecule has 2 aromatic carbocycles. The first-order chi connectivity index (χ1) is 14.6. The lowest BCUT2D eigenvalue weighted by Crippen LogP contribution is -2.60. The van der Waals surface area contributed by atoms with Gasteiger partial charge < -0.3 is 40.1 Å². The molecular formula is C21H20O10. The van der Waals surface area contributed by atoms with Crippen molar-refractivity contribution in [2.24, 2.45) is 0 Å². The van der Waals surface area contributed by atoms with Gasteiger partial charge in [0.05, 0.1) is 17.7 Å². The quantitative estimate of drug-likeness (QED) is 0.312. The summed E-state index contributed by atoms with van der Waals surface area (Å²) in [5.74, 6) is -2.84. The number of rotatable bonds is 3. The zero-order chi connectivity index (χ0) is 22.6. The van der Waals surface area contributed by atoms with Gasteiger partial charge in [0.1, 0.15) is 30.2 Å². The molecule has 164 valence electrons. The minimum atomic E-state index is -1.74. The van der Waals surface area contributed by atoms with Crippen molar-refractivity contribution in [2.45, 2.75) is 37.6 Å². The number of carbonyl (C=O) groups is 2. The van der Waals surface area contributed by atoms with Crippen LogP contribution in [0.3, 0.4) is 0 Å². The second-order valence-electron chi connectivity index (χ2n) is 7.51. The summed E-state index contributed by atoms with van der Waals surface area (Å²) in [6, 6.07) is 5.21. The van der Waals surface area contributed by atoms with Crippen LogP contribution in [0.1, 0.15) is 37.4 Å². The van der Waals surface area contributed by atoms with Gasteiger partial charge in [-0.25, -0.2) is 0 Å². The van der Waals surface area contributed by atoms with Crippen LogP contribution < -0.4 is 4.74 Å². The number of hydrogen-bond acceptors (Lipinski definition) is 10. The van der Waals surface area contributed by atoms with E-state index in [4.69, 9.17) is 9.47 Å². The van der Waals surface area contributed by atoms with Crippen LogP contribution in [0.5, 0.6) is 17.2 Å². The van der Waals surface area contributed by atoms with E-state index in [0.717, 1.165) is 0 Å². The molecular weight excluding hydrogens is 412 g/mol. The molecule has 0 aromatic heterocycles. The lowest BCUT2D eigenvalue weighted by atomic mass is 9.82. The minimum Gasteiger partial charge on any atom is -0.507 e. The second kappa shape index (κ2) is 7.59. The molecule has 0 spiro atoms. The lowest BCUT2D eigenvalue weighted by molar-refractivity contribution is -0.277.